The molecule has 1 rings (SSSR count). The maximum absolute atomic E-state index is 10.4. The lowest BCUT2D eigenvalue weighted by atomic mass is 10.4. The van der Waals surface area contributed by atoms with E-state index in [1.54, 1.807) is 13.2 Å². The van der Waals surface area contributed by atoms with Crippen LogP contribution >= 0.6 is 0 Å². The predicted octanol–water partition coefficient (Wildman–Crippen LogP) is 0.233. The molecule has 1 aromatic rings. The SMILES string of the molecule is COCCNc1ccc(C(=O)O)nn1. The molecule has 0 bridgehead atoms. The van der Waals surface area contributed by atoms with Crippen LogP contribution in [-0.4, -0.2) is 41.5 Å². The minimum atomic E-state index is -1.08. The Balaban J connectivity index is 2.51. The van der Waals surface area contributed by atoms with E-state index in [0.717, 1.165) is 0 Å². The Morgan fingerprint density at radius 3 is 2.86 bits per heavy atom. The molecule has 0 spiro atoms. The van der Waals surface area contributed by atoms with Crippen molar-refractivity contribution in [1.82, 2.24) is 10.2 Å². The van der Waals surface area contributed by atoms with Gasteiger partial charge in [0.1, 0.15) is 5.82 Å². The summed E-state index contributed by atoms with van der Waals surface area (Å²) in [5.74, 6) is -0.548. The quantitative estimate of drug-likeness (QED) is 0.657. The molecule has 76 valence electrons. The summed E-state index contributed by atoms with van der Waals surface area (Å²) in [4.78, 5) is 10.4. The van der Waals surface area contributed by atoms with Gasteiger partial charge >= 0.3 is 5.97 Å². The van der Waals surface area contributed by atoms with Crippen LogP contribution in [0.5, 0.6) is 0 Å². The third-order valence-electron chi connectivity index (χ3n) is 1.50. The van der Waals surface area contributed by atoms with Crippen molar-refractivity contribution in [2.45, 2.75) is 0 Å². The lowest BCUT2D eigenvalue weighted by molar-refractivity contribution is 0.0689. The fraction of sp³-hybridized carbons (Fsp3) is 0.375. The van der Waals surface area contributed by atoms with Gasteiger partial charge in [0.05, 0.1) is 6.61 Å². The molecule has 1 heterocycles. The molecule has 0 atom stereocenters. The highest BCUT2D eigenvalue weighted by atomic mass is 16.5. The fourth-order valence-corrected chi connectivity index (χ4v) is 0.822. The first-order valence-electron chi connectivity index (χ1n) is 4.04. The van der Waals surface area contributed by atoms with Gasteiger partial charge in [0.25, 0.3) is 0 Å². The Kier molecular flexibility index (Phi) is 3.81. The van der Waals surface area contributed by atoms with Crippen LogP contribution in [0.25, 0.3) is 0 Å². The number of carboxylic acid groups (broad SMARTS) is 1. The highest BCUT2D eigenvalue weighted by molar-refractivity contribution is 5.85. The summed E-state index contributed by atoms with van der Waals surface area (Å²) in [6.07, 6.45) is 0. The fourth-order valence-electron chi connectivity index (χ4n) is 0.822. The van der Waals surface area contributed by atoms with Crippen LogP contribution < -0.4 is 5.32 Å². The van der Waals surface area contributed by atoms with Crippen LogP contribution in [0.4, 0.5) is 5.82 Å². The van der Waals surface area contributed by atoms with E-state index in [1.165, 1.54) is 6.07 Å². The van der Waals surface area contributed by atoms with E-state index in [9.17, 15) is 4.79 Å². The van der Waals surface area contributed by atoms with Crippen molar-refractivity contribution in [2.24, 2.45) is 0 Å². The molecule has 0 aliphatic carbocycles. The Labute approximate surface area is 80.9 Å². The molecule has 0 fully saturated rings. The number of aromatic carboxylic acids is 1. The van der Waals surface area contributed by atoms with Gasteiger partial charge in [0, 0.05) is 13.7 Å². The molecule has 0 aromatic carbocycles. The molecule has 0 saturated carbocycles. The summed E-state index contributed by atoms with van der Waals surface area (Å²) in [5, 5.41) is 18.6. The Morgan fingerprint density at radius 2 is 2.36 bits per heavy atom. The summed E-state index contributed by atoms with van der Waals surface area (Å²) in [6.45, 7) is 1.17. The smallest absolute Gasteiger partial charge is 0.356 e. The van der Waals surface area contributed by atoms with Gasteiger partial charge in [-0.15, -0.1) is 10.2 Å². The first-order valence-corrected chi connectivity index (χ1v) is 4.04. The molecule has 6 heteroatoms. The summed E-state index contributed by atoms with van der Waals surface area (Å²) in [7, 11) is 1.60. The van der Waals surface area contributed by atoms with E-state index in [0.29, 0.717) is 19.0 Å². The van der Waals surface area contributed by atoms with Crippen molar-refractivity contribution in [2.75, 3.05) is 25.6 Å². The molecule has 0 radical (unpaired) electrons. The maximum Gasteiger partial charge on any atom is 0.356 e. The molecule has 0 unspecified atom stereocenters. The average Bonchev–Trinajstić information content (AvgIpc) is 2.19. The van der Waals surface area contributed by atoms with Gasteiger partial charge in [-0.25, -0.2) is 4.79 Å². The van der Waals surface area contributed by atoms with Crippen molar-refractivity contribution in [3.8, 4) is 0 Å². The Hall–Kier alpha value is -1.69. The normalized spacial score (nSPS) is 9.79. The zero-order valence-corrected chi connectivity index (χ0v) is 7.73. The number of rotatable bonds is 5. The third-order valence-corrected chi connectivity index (χ3v) is 1.50. The van der Waals surface area contributed by atoms with E-state index >= 15 is 0 Å². The molecule has 0 aliphatic rings. The highest BCUT2D eigenvalue weighted by Crippen LogP contribution is 2.00. The van der Waals surface area contributed by atoms with Gasteiger partial charge in [0.2, 0.25) is 0 Å². The molecule has 1 aromatic heterocycles. The lowest BCUT2D eigenvalue weighted by Gasteiger charge is -2.02. The highest BCUT2D eigenvalue weighted by Gasteiger charge is 2.04. The summed E-state index contributed by atoms with van der Waals surface area (Å²) in [5.41, 5.74) is -0.0673. The molecule has 0 amide bonds. The van der Waals surface area contributed by atoms with Gasteiger partial charge < -0.3 is 15.2 Å². The van der Waals surface area contributed by atoms with Crippen LogP contribution in [0.15, 0.2) is 12.1 Å². The largest absolute Gasteiger partial charge is 0.476 e. The van der Waals surface area contributed by atoms with E-state index in [4.69, 9.17) is 9.84 Å². The minimum Gasteiger partial charge on any atom is -0.476 e. The first kappa shape index (κ1) is 10.4. The van der Waals surface area contributed by atoms with Gasteiger partial charge in [-0.2, -0.15) is 0 Å². The monoisotopic (exact) mass is 197 g/mol. The average molecular weight is 197 g/mol. The maximum atomic E-state index is 10.4. The van der Waals surface area contributed by atoms with Crippen molar-refractivity contribution in [3.05, 3.63) is 17.8 Å². The number of carbonyl (C=O) groups is 1. The summed E-state index contributed by atoms with van der Waals surface area (Å²) < 4.78 is 4.82. The predicted molar refractivity (Wildman–Crippen MR) is 49.4 cm³/mol. The van der Waals surface area contributed by atoms with Gasteiger partial charge in [0.15, 0.2) is 5.69 Å². The van der Waals surface area contributed by atoms with E-state index < -0.39 is 5.97 Å². The molecule has 14 heavy (non-hydrogen) atoms. The minimum absolute atomic E-state index is 0.0673. The number of hydrogen-bond donors (Lipinski definition) is 2. The molecular formula is C8H11N3O3. The number of aromatic nitrogens is 2. The summed E-state index contributed by atoms with van der Waals surface area (Å²) >= 11 is 0. The second-order valence-corrected chi connectivity index (χ2v) is 2.53. The molecular weight excluding hydrogens is 186 g/mol. The topological polar surface area (TPSA) is 84.3 Å². The number of hydrogen-bond acceptors (Lipinski definition) is 5. The molecule has 2 N–H and O–H groups in total. The van der Waals surface area contributed by atoms with Crippen LogP contribution in [-0.2, 0) is 4.74 Å². The number of anilines is 1. The molecule has 0 aliphatic heterocycles. The second kappa shape index (κ2) is 5.13. The standard InChI is InChI=1S/C8H11N3O3/c1-14-5-4-9-7-3-2-6(8(12)13)10-11-7/h2-3H,4-5H2,1H3,(H,9,11)(H,12,13). The second-order valence-electron chi connectivity index (χ2n) is 2.53. The van der Waals surface area contributed by atoms with Crippen molar-refractivity contribution in [3.63, 3.8) is 0 Å². The van der Waals surface area contributed by atoms with Crippen LogP contribution in [0, 0.1) is 0 Å². The zero-order chi connectivity index (χ0) is 10.4. The van der Waals surface area contributed by atoms with Gasteiger partial charge in [-0.3, -0.25) is 0 Å². The van der Waals surface area contributed by atoms with Crippen LogP contribution in [0.2, 0.25) is 0 Å². The van der Waals surface area contributed by atoms with Crippen molar-refractivity contribution in [1.29, 1.82) is 0 Å². The molecule has 0 saturated heterocycles. The Bertz CT molecular complexity index is 299. The van der Waals surface area contributed by atoms with Crippen molar-refractivity contribution >= 4 is 11.8 Å². The number of nitrogens with one attached hydrogen (secondary N) is 1. The Morgan fingerprint density at radius 1 is 1.57 bits per heavy atom. The number of carboxylic acids is 1. The lowest BCUT2D eigenvalue weighted by Crippen LogP contribution is -2.10. The zero-order valence-electron chi connectivity index (χ0n) is 7.73. The van der Waals surface area contributed by atoms with E-state index in [1.807, 2.05) is 0 Å². The van der Waals surface area contributed by atoms with E-state index in [2.05, 4.69) is 15.5 Å². The summed E-state index contributed by atoms with van der Waals surface area (Å²) in [6, 6.07) is 2.95. The third kappa shape index (κ3) is 2.98. The number of nitrogens with zero attached hydrogens (tertiary/aromatic N) is 2. The van der Waals surface area contributed by atoms with Crippen LogP contribution in [0.3, 0.4) is 0 Å². The van der Waals surface area contributed by atoms with Gasteiger partial charge in [-0.05, 0) is 12.1 Å². The van der Waals surface area contributed by atoms with Gasteiger partial charge in [-0.1, -0.05) is 0 Å². The molecule has 6 nitrogen and oxygen atoms in total. The van der Waals surface area contributed by atoms with Crippen molar-refractivity contribution < 1.29 is 14.6 Å². The number of methoxy groups -OCH3 is 1. The van der Waals surface area contributed by atoms with E-state index in [-0.39, 0.29) is 5.69 Å². The first-order chi connectivity index (χ1) is 6.74. The number of ether oxygens (including phenoxy) is 1. The van der Waals surface area contributed by atoms with Crippen LogP contribution in [0.1, 0.15) is 10.5 Å².